The first-order valence-electron chi connectivity index (χ1n) is 7.88. The van der Waals surface area contributed by atoms with Crippen LogP contribution in [0.25, 0.3) is 0 Å². The largest absolute Gasteiger partial charge is 0.356 e. The van der Waals surface area contributed by atoms with E-state index in [9.17, 15) is 14.0 Å². The van der Waals surface area contributed by atoms with Crippen LogP contribution in [0.3, 0.4) is 0 Å². The van der Waals surface area contributed by atoms with E-state index in [-0.39, 0.29) is 30.1 Å². The lowest BCUT2D eigenvalue weighted by molar-refractivity contribution is -0.122. The van der Waals surface area contributed by atoms with Crippen molar-refractivity contribution in [2.75, 3.05) is 6.54 Å². The SMILES string of the molecule is CC(=O)N[C@@H](CC(=O)NCCc1cccc(F)c1)c1ccccc1. The van der Waals surface area contributed by atoms with Crippen LogP contribution in [-0.2, 0) is 16.0 Å². The van der Waals surface area contributed by atoms with Crippen molar-refractivity contribution in [3.8, 4) is 0 Å². The van der Waals surface area contributed by atoms with Gasteiger partial charge in [-0.3, -0.25) is 9.59 Å². The quantitative estimate of drug-likeness (QED) is 0.821. The Morgan fingerprint density at radius 2 is 1.83 bits per heavy atom. The van der Waals surface area contributed by atoms with E-state index in [0.717, 1.165) is 11.1 Å². The second-order valence-electron chi connectivity index (χ2n) is 5.60. The van der Waals surface area contributed by atoms with Crippen LogP contribution in [0.4, 0.5) is 4.39 Å². The molecular formula is C19H21FN2O2. The molecule has 0 bridgehead atoms. The number of rotatable bonds is 7. The molecule has 2 amide bonds. The highest BCUT2D eigenvalue weighted by atomic mass is 19.1. The number of hydrogen-bond acceptors (Lipinski definition) is 2. The second-order valence-corrected chi connectivity index (χ2v) is 5.60. The van der Waals surface area contributed by atoms with Crippen LogP contribution < -0.4 is 10.6 Å². The van der Waals surface area contributed by atoms with E-state index in [1.807, 2.05) is 36.4 Å². The molecule has 0 aliphatic heterocycles. The van der Waals surface area contributed by atoms with E-state index in [2.05, 4.69) is 10.6 Å². The molecule has 0 aromatic heterocycles. The molecule has 0 saturated carbocycles. The summed E-state index contributed by atoms with van der Waals surface area (Å²) < 4.78 is 13.1. The highest BCUT2D eigenvalue weighted by Crippen LogP contribution is 2.16. The predicted octanol–water partition coefficient (Wildman–Crippen LogP) is 2.75. The van der Waals surface area contributed by atoms with E-state index in [1.54, 1.807) is 6.07 Å². The number of nitrogens with one attached hydrogen (secondary N) is 2. The number of halogens is 1. The van der Waals surface area contributed by atoms with Crippen LogP contribution in [0, 0.1) is 5.82 Å². The van der Waals surface area contributed by atoms with Gasteiger partial charge in [0, 0.05) is 13.5 Å². The van der Waals surface area contributed by atoms with Crippen LogP contribution in [-0.4, -0.2) is 18.4 Å². The van der Waals surface area contributed by atoms with Gasteiger partial charge >= 0.3 is 0 Å². The van der Waals surface area contributed by atoms with Gasteiger partial charge in [0.2, 0.25) is 11.8 Å². The second kappa shape index (κ2) is 8.82. The van der Waals surface area contributed by atoms with Crippen molar-refractivity contribution in [2.45, 2.75) is 25.8 Å². The summed E-state index contributed by atoms with van der Waals surface area (Å²) in [5, 5.41) is 5.60. The molecule has 24 heavy (non-hydrogen) atoms. The van der Waals surface area contributed by atoms with Gasteiger partial charge in [-0.1, -0.05) is 42.5 Å². The summed E-state index contributed by atoms with van der Waals surface area (Å²) in [4.78, 5) is 23.5. The number of hydrogen-bond donors (Lipinski definition) is 2. The third kappa shape index (κ3) is 5.83. The summed E-state index contributed by atoms with van der Waals surface area (Å²) in [6.45, 7) is 1.85. The lowest BCUT2D eigenvalue weighted by atomic mass is 10.0. The van der Waals surface area contributed by atoms with Crippen molar-refractivity contribution in [3.05, 3.63) is 71.5 Å². The monoisotopic (exact) mass is 328 g/mol. The number of amides is 2. The van der Waals surface area contributed by atoms with Gasteiger partial charge in [-0.2, -0.15) is 0 Å². The topological polar surface area (TPSA) is 58.2 Å². The zero-order valence-electron chi connectivity index (χ0n) is 13.6. The van der Waals surface area contributed by atoms with Gasteiger partial charge in [-0.05, 0) is 29.7 Å². The minimum Gasteiger partial charge on any atom is -0.356 e. The van der Waals surface area contributed by atoms with Crippen molar-refractivity contribution in [3.63, 3.8) is 0 Å². The highest BCUT2D eigenvalue weighted by molar-refractivity contribution is 5.79. The maximum Gasteiger partial charge on any atom is 0.222 e. The van der Waals surface area contributed by atoms with Gasteiger partial charge in [0.1, 0.15) is 5.82 Å². The standard InChI is InChI=1S/C19H21FN2O2/c1-14(23)22-18(16-7-3-2-4-8-16)13-19(24)21-11-10-15-6-5-9-17(20)12-15/h2-9,12,18H,10-11,13H2,1H3,(H,21,24)(H,22,23)/t18-/m0/s1. The lowest BCUT2D eigenvalue weighted by Gasteiger charge is -2.18. The average molecular weight is 328 g/mol. The van der Waals surface area contributed by atoms with Gasteiger partial charge in [-0.25, -0.2) is 4.39 Å². The molecule has 5 heteroatoms. The van der Waals surface area contributed by atoms with Crippen LogP contribution in [0.2, 0.25) is 0 Å². The van der Waals surface area contributed by atoms with Gasteiger partial charge in [0.25, 0.3) is 0 Å². The van der Waals surface area contributed by atoms with Crippen molar-refractivity contribution in [2.24, 2.45) is 0 Å². The van der Waals surface area contributed by atoms with Crippen molar-refractivity contribution in [1.29, 1.82) is 0 Å². The van der Waals surface area contributed by atoms with Gasteiger partial charge in [-0.15, -0.1) is 0 Å². The van der Waals surface area contributed by atoms with Crippen LogP contribution >= 0.6 is 0 Å². The minimum absolute atomic E-state index is 0.158. The zero-order valence-corrected chi connectivity index (χ0v) is 13.6. The molecule has 0 aliphatic carbocycles. The Kier molecular flexibility index (Phi) is 6.49. The average Bonchev–Trinajstić information content (AvgIpc) is 2.55. The normalized spacial score (nSPS) is 11.6. The summed E-state index contributed by atoms with van der Waals surface area (Å²) in [5.74, 6) is -0.626. The molecule has 0 aliphatic rings. The highest BCUT2D eigenvalue weighted by Gasteiger charge is 2.16. The third-order valence-corrected chi connectivity index (χ3v) is 3.59. The van der Waals surface area contributed by atoms with E-state index in [4.69, 9.17) is 0 Å². The molecule has 0 unspecified atom stereocenters. The molecule has 0 spiro atoms. The minimum atomic E-state index is -0.363. The first-order chi connectivity index (χ1) is 11.5. The molecule has 2 N–H and O–H groups in total. The molecule has 0 radical (unpaired) electrons. The van der Waals surface area contributed by atoms with Crippen molar-refractivity contribution >= 4 is 11.8 Å². The Balaban J connectivity index is 1.87. The fourth-order valence-electron chi connectivity index (χ4n) is 2.48. The van der Waals surface area contributed by atoms with Crippen LogP contribution in [0.1, 0.15) is 30.5 Å². The Morgan fingerprint density at radius 3 is 2.50 bits per heavy atom. The van der Waals surface area contributed by atoms with E-state index in [1.165, 1.54) is 19.1 Å². The first kappa shape index (κ1) is 17.7. The summed E-state index contributed by atoms with van der Waals surface area (Å²) >= 11 is 0. The summed E-state index contributed by atoms with van der Waals surface area (Å²) in [6.07, 6.45) is 0.715. The van der Waals surface area contributed by atoms with Crippen molar-refractivity contribution in [1.82, 2.24) is 10.6 Å². The van der Waals surface area contributed by atoms with E-state index < -0.39 is 0 Å². The molecular weight excluding hydrogens is 307 g/mol. The maximum absolute atomic E-state index is 13.1. The van der Waals surface area contributed by atoms with E-state index >= 15 is 0 Å². The molecule has 1 atom stereocenters. The third-order valence-electron chi connectivity index (χ3n) is 3.59. The van der Waals surface area contributed by atoms with Gasteiger partial charge in [0.05, 0.1) is 12.5 Å². The Bertz CT molecular complexity index is 689. The molecule has 2 aromatic rings. The number of benzene rings is 2. The fourth-order valence-corrected chi connectivity index (χ4v) is 2.48. The summed E-state index contributed by atoms with van der Waals surface area (Å²) in [7, 11) is 0. The molecule has 0 fully saturated rings. The first-order valence-corrected chi connectivity index (χ1v) is 7.88. The predicted molar refractivity (Wildman–Crippen MR) is 90.7 cm³/mol. The molecule has 0 saturated heterocycles. The van der Waals surface area contributed by atoms with Crippen LogP contribution in [0.5, 0.6) is 0 Å². The van der Waals surface area contributed by atoms with E-state index in [0.29, 0.717) is 13.0 Å². The number of carbonyl (C=O) groups excluding carboxylic acids is 2. The molecule has 4 nitrogen and oxygen atoms in total. The zero-order chi connectivity index (χ0) is 17.4. The van der Waals surface area contributed by atoms with Gasteiger partial charge in [0.15, 0.2) is 0 Å². The molecule has 2 rings (SSSR count). The van der Waals surface area contributed by atoms with Crippen LogP contribution in [0.15, 0.2) is 54.6 Å². The summed E-state index contributed by atoms with van der Waals surface area (Å²) in [6, 6.07) is 15.3. The maximum atomic E-state index is 13.1. The molecule has 2 aromatic carbocycles. The summed E-state index contributed by atoms with van der Waals surface area (Å²) in [5.41, 5.74) is 1.71. The number of carbonyl (C=O) groups is 2. The molecule has 0 heterocycles. The Labute approximate surface area is 141 Å². The van der Waals surface area contributed by atoms with Crippen molar-refractivity contribution < 1.29 is 14.0 Å². The lowest BCUT2D eigenvalue weighted by Crippen LogP contribution is -2.33. The smallest absolute Gasteiger partial charge is 0.222 e. The Hall–Kier alpha value is -2.69. The molecule has 126 valence electrons. The van der Waals surface area contributed by atoms with Gasteiger partial charge < -0.3 is 10.6 Å². The fraction of sp³-hybridized carbons (Fsp3) is 0.263. The Morgan fingerprint density at radius 1 is 1.08 bits per heavy atom.